The Bertz CT molecular complexity index is 647. The summed E-state index contributed by atoms with van der Waals surface area (Å²) in [5.41, 5.74) is 2.05. The zero-order valence-corrected chi connectivity index (χ0v) is 15.1. The normalized spacial score (nSPS) is 15.2. The molecule has 2 aromatic carbocycles. The number of thioether (sulfide) groups is 1. The molecule has 1 aliphatic rings. The van der Waals surface area contributed by atoms with Gasteiger partial charge in [-0.3, -0.25) is 4.79 Å². The molecule has 0 saturated heterocycles. The van der Waals surface area contributed by atoms with Crippen LogP contribution in [0.4, 0.5) is 0 Å². The van der Waals surface area contributed by atoms with Crippen LogP contribution in [0.1, 0.15) is 48.0 Å². The first-order valence-electron chi connectivity index (χ1n) is 8.78. The Hall–Kier alpha value is -1.74. The number of carbonyl (C=O) groups is 1. The molecule has 0 bridgehead atoms. The van der Waals surface area contributed by atoms with E-state index in [2.05, 4.69) is 36.4 Å². The molecule has 1 saturated carbocycles. The molecule has 126 valence electrons. The van der Waals surface area contributed by atoms with Crippen LogP contribution in [0.5, 0.6) is 0 Å². The van der Waals surface area contributed by atoms with E-state index >= 15 is 0 Å². The number of hydrogen-bond acceptors (Lipinski definition) is 2. The van der Waals surface area contributed by atoms with Crippen molar-refractivity contribution in [3.63, 3.8) is 0 Å². The van der Waals surface area contributed by atoms with E-state index in [0.717, 1.165) is 24.2 Å². The number of carbonyl (C=O) groups excluding carboxylic acids is 1. The summed E-state index contributed by atoms with van der Waals surface area (Å²) in [6.45, 7) is 0. The fraction of sp³-hybridized carbons (Fsp3) is 0.381. The molecule has 1 fully saturated rings. The minimum atomic E-state index is 0.157. The lowest BCUT2D eigenvalue weighted by Gasteiger charge is -2.31. The molecule has 3 rings (SSSR count). The second-order valence-electron chi connectivity index (χ2n) is 6.51. The van der Waals surface area contributed by atoms with Gasteiger partial charge in [0, 0.05) is 29.3 Å². The zero-order chi connectivity index (χ0) is 16.8. The first-order valence-corrected chi connectivity index (χ1v) is 9.76. The first-order chi connectivity index (χ1) is 11.7. The second-order valence-corrected chi connectivity index (χ2v) is 7.56. The average Bonchev–Trinajstić information content (AvgIpc) is 2.67. The van der Waals surface area contributed by atoms with Crippen LogP contribution in [0.25, 0.3) is 0 Å². The maximum atomic E-state index is 12.7. The monoisotopic (exact) mass is 339 g/mol. The Kier molecular flexibility index (Phi) is 5.97. The minimum absolute atomic E-state index is 0.157. The van der Waals surface area contributed by atoms with E-state index in [0.29, 0.717) is 6.04 Å². The van der Waals surface area contributed by atoms with E-state index in [4.69, 9.17) is 0 Å². The van der Waals surface area contributed by atoms with Crippen molar-refractivity contribution in [2.45, 2.75) is 48.8 Å². The summed E-state index contributed by atoms with van der Waals surface area (Å²) in [5, 5.41) is 0. The van der Waals surface area contributed by atoms with Crippen LogP contribution < -0.4 is 0 Å². The zero-order valence-electron chi connectivity index (χ0n) is 14.3. The molecule has 1 aliphatic carbocycles. The van der Waals surface area contributed by atoms with E-state index in [-0.39, 0.29) is 5.91 Å². The molecule has 0 atom stereocenters. The van der Waals surface area contributed by atoms with Crippen molar-refractivity contribution in [1.82, 2.24) is 4.90 Å². The van der Waals surface area contributed by atoms with Gasteiger partial charge in [-0.1, -0.05) is 49.6 Å². The summed E-state index contributed by atoms with van der Waals surface area (Å²) in [5.74, 6) is 1.08. The van der Waals surface area contributed by atoms with Crippen LogP contribution in [0.3, 0.4) is 0 Å². The van der Waals surface area contributed by atoms with Gasteiger partial charge in [0.05, 0.1) is 0 Å². The van der Waals surface area contributed by atoms with Gasteiger partial charge in [-0.05, 0) is 42.7 Å². The van der Waals surface area contributed by atoms with Gasteiger partial charge in [0.25, 0.3) is 5.91 Å². The Morgan fingerprint density at radius 1 is 1.00 bits per heavy atom. The SMILES string of the molecule is CN(C(=O)c1ccc(CSc2ccccc2)cc1)C1CCCCC1. The topological polar surface area (TPSA) is 20.3 Å². The number of amides is 1. The smallest absolute Gasteiger partial charge is 0.253 e. The lowest BCUT2D eigenvalue weighted by atomic mass is 9.94. The highest BCUT2D eigenvalue weighted by atomic mass is 32.2. The fourth-order valence-electron chi connectivity index (χ4n) is 3.26. The van der Waals surface area contributed by atoms with Crippen molar-refractivity contribution >= 4 is 17.7 Å². The van der Waals surface area contributed by atoms with Crippen LogP contribution in [0.15, 0.2) is 59.5 Å². The Labute approximate surface area is 149 Å². The largest absolute Gasteiger partial charge is 0.339 e. The molecule has 3 heteroatoms. The number of benzene rings is 2. The van der Waals surface area contributed by atoms with Crippen molar-refractivity contribution in [2.75, 3.05) is 7.05 Å². The van der Waals surface area contributed by atoms with Gasteiger partial charge in [-0.15, -0.1) is 11.8 Å². The highest BCUT2D eigenvalue weighted by molar-refractivity contribution is 7.98. The fourth-order valence-corrected chi connectivity index (χ4v) is 4.14. The molecule has 0 heterocycles. The van der Waals surface area contributed by atoms with Gasteiger partial charge in [0.1, 0.15) is 0 Å². The third kappa shape index (κ3) is 4.41. The van der Waals surface area contributed by atoms with Gasteiger partial charge in [-0.2, -0.15) is 0 Å². The van der Waals surface area contributed by atoms with Gasteiger partial charge in [0.15, 0.2) is 0 Å². The molecule has 24 heavy (non-hydrogen) atoms. The summed E-state index contributed by atoms with van der Waals surface area (Å²) in [6.07, 6.45) is 6.10. The Balaban J connectivity index is 1.58. The van der Waals surface area contributed by atoms with Crippen LogP contribution in [-0.2, 0) is 5.75 Å². The third-order valence-corrected chi connectivity index (χ3v) is 5.88. The van der Waals surface area contributed by atoms with E-state index < -0.39 is 0 Å². The number of rotatable bonds is 5. The van der Waals surface area contributed by atoms with E-state index in [9.17, 15) is 4.79 Å². The summed E-state index contributed by atoms with van der Waals surface area (Å²) < 4.78 is 0. The Morgan fingerprint density at radius 2 is 1.67 bits per heavy atom. The van der Waals surface area contributed by atoms with Crippen LogP contribution in [0.2, 0.25) is 0 Å². The van der Waals surface area contributed by atoms with Crippen LogP contribution in [-0.4, -0.2) is 23.9 Å². The predicted molar refractivity (Wildman–Crippen MR) is 101 cm³/mol. The molecule has 0 unspecified atom stereocenters. The maximum Gasteiger partial charge on any atom is 0.253 e. The summed E-state index contributed by atoms with van der Waals surface area (Å²) in [7, 11) is 1.96. The lowest BCUT2D eigenvalue weighted by Crippen LogP contribution is -2.38. The molecule has 2 nitrogen and oxygen atoms in total. The number of nitrogens with zero attached hydrogens (tertiary/aromatic N) is 1. The van der Waals surface area contributed by atoms with Crippen molar-refractivity contribution < 1.29 is 4.79 Å². The van der Waals surface area contributed by atoms with E-state index in [1.807, 2.05) is 41.9 Å². The predicted octanol–water partition coefficient (Wildman–Crippen LogP) is 5.38. The van der Waals surface area contributed by atoms with Gasteiger partial charge >= 0.3 is 0 Å². The van der Waals surface area contributed by atoms with E-state index in [1.165, 1.54) is 29.7 Å². The van der Waals surface area contributed by atoms with Crippen molar-refractivity contribution in [3.8, 4) is 0 Å². The van der Waals surface area contributed by atoms with Crippen LogP contribution >= 0.6 is 11.8 Å². The van der Waals surface area contributed by atoms with Crippen molar-refractivity contribution in [3.05, 3.63) is 65.7 Å². The minimum Gasteiger partial charge on any atom is -0.339 e. The first kappa shape index (κ1) is 17.1. The van der Waals surface area contributed by atoms with Crippen molar-refractivity contribution in [2.24, 2.45) is 0 Å². The molecule has 0 aliphatic heterocycles. The van der Waals surface area contributed by atoms with Gasteiger partial charge in [-0.25, -0.2) is 0 Å². The van der Waals surface area contributed by atoms with Crippen molar-refractivity contribution in [1.29, 1.82) is 0 Å². The quantitative estimate of drug-likeness (QED) is 0.681. The molecule has 1 amide bonds. The van der Waals surface area contributed by atoms with Crippen LogP contribution in [0, 0.1) is 0 Å². The molecule has 0 radical (unpaired) electrons. The summed E-state index contributed by atoms with van der Waals surface area (Å²) >= 11 is 1.82. The molecular weight excluding hydrogens is 314 g/mol. The molecule has 0 spiro atoms. The third-order valence-electron chi connectivity index (χ3n) is 4.79. The second kappa shape index (κ2) is 8.39. The Morgan fingerprint density at radius 3 is 2.33 bits per heavy atom. The van der Waals surface area contributed by atoms with E-state index in [1.54, 1.807) is 0 Å². The maximum absolute atomic E-state index is 12.7. The van der Waals surface area contributed by atoms with Gasteiger partial charge < -0.3 is 4.90 Å². The molecule has 0 N–H and O–H groups in total. The highest BCUT2D eigenvalue weighted by Crippen LogP contribution is 2.24. The summed E-state index contributed by atoms with van der Waals surface area (Å²) in [4.78, 5) is 15.9. The standard InChI is InChI=1S/C21H25NOS/c1-22(19-8-4-2-5-9-19)21(23)18-14-12-17(13-15-18)16-24-20-10-6-3-7-11-20/h3,6-7,10-15,19H,2,4-5,8-9,16H2,1H3. The molecular formula is C21H25NOS. The highest BCUT2D eigenvalue weighted by Gasteiger charge is 2.22. The number of hydrogen-bond donors (Lipinski definition) is 0. The summed E-state index contributed by atoms with van der Waals surface area (Å²) in [6, 6.07) is 18.9. The van der Waals surface area contributed by atoms with Gasteiger partial charge in [0.2, 0.25) is 0 Å². The average molecular weight is 340 g/mol. The molecule has 0 aromatic heterocycles. The molecule has 2 aromatic rings. The lowest BCUT2D eigenvalue weighted by molar-refractivity contribution is 0.0696.